The zero-order valence-electron chi connectivity index (χ0n) is 10.2. The van der Waals surface area contributed by atoms with Gasteiger partial charge in [0.2, 0.25) is 0 Å². The van der Waals surface area contributed by atoms with Crippen molar-refractivity contribution in [2.75, 3.05) is 18.5 Å². The highest BCUT2D eigenvalue weighted by Crippen LogP contribution is 2.20. The van der Waals surface area contributed by atoms with E-state index in [1.807, 2.05) is 18.0 Å². The van der Waals surface area contributed by atoms with E-state index in [9.17, 15) is 9.90 Å². The van der Waals surface area contributed by atoms with Crippen LogP contribution in [0.25, 0.3) is 5.65 Å². The number of aromatic carboxylic acids is 1. The molecule has 1 N–H and O–H groups in total. The highest BCUT2D eigenvalue weighted by molar-refractivity contribution is 5.93. The van der Waals surface area contributed by atoms with Gasteiger partial charge in [0.05, 0.1) is 0 Å². The fourth-order valence-electron chi connectivity index (χ4n) is 1.84. The van der Waals surface area contributed by atoms with Gasteiger partial charge in [0.1, 0.15) is 5.65 Å². The summed E-state index contributed by atoms with van der Waals surface area (Å²) in [6.07, 6.45) is 4.28. The van der Waals surface area contributed by atoms with Gasteiger partial charge < -0.3 is 10.0 Å². The van der Waals surface area contributed by atoms with Gasteiger partial charge in [0.25, 0.3) is 0 Å². The summed E-state index contributed by atoms with van der Waals surface area (Å²) in [6.45, 7) is 4.35. The first-order chi connectivity index (χ1) is 8.65. The molecule has 5 nitrogen and oxygen atoms in total. The standard InChI is InChI=1S/C13H15N3O2/c1-3-4-8-15(2)12-11(13(17)18)16-9-6-5-7-10(16)14-12/h3,5-7,9H,1,4,8H2,2H3,(H,17,18). The lowest BCUT2D eigenvalue weighted by Gasteiger charge is -2.15. The maximum atomic E-state index is 11.4. The Morgan fingerprint density at radius 2 is 2.39 bits per heavy atom. The quantitative estimate of drug-likeness (QED) is 0.819. The summed E-state index contributed by atoms with van der Waals surface area (Å²) >= 11 is 0. The molecule has 0 saturated carbocycles. The minimum absolute atomic E-state index is 0.192. The lowest BCUT2D eigenvalue weighted by atomic mass is 10.3. The maximum Gasteiger partial charge on any atom is 0.356 e. The van der Waals surface area contributed by atoms with E-state index in [0.29, 0.717) is 18.0 Å². The van der Waals surface area contributed by atoms with Gasteiger partial charge in [-0.2, -0.15) is 0 Å². The first-order valence-electron chi connectivity index (χ1n) is 5.67. The van der Waals surface area contributed by atoms with Crippen molar-refractivity contribution in [2.24, 2.45) is 0 Å². The summed E-state index contributed by atoms with van der Waals surface area (Å²) in [5.74, 6) is -0.496. The number of hydrogen-bond acceptors (Lipinski definition) is 3. The number of pyridine rings is 1. The highest BCUT2D eigenvalue weighted by Gasteiger charge is 2.20. The van der Waals surface area contributed by atoms with Gasteiger partial charge in [-0.05, 0) is 18.6 Å². The largest absolute Gasteiger partial charge is 0.476 e. The average Bonchev–Trinajstić information content (AvgIpc) is 2.75. The summed E-state index contributed by atoms with van der Waals surface area (Å²) in [6, 6.07) is 5.41. The van der Waals surface area contributed by atoms with Crippen LogP contribution in [0, 0.1) is 0 Å². The molecule has 0 radical (unpaired) electrons. The summed E-state index contributed by atoms with van der Waals surface area (Å²) in [5, 5.41) is 9.32. The second kappa shape index (κ2) is 4.91. The summed E-state index contributed by atoms with van der Waals surface area (Å²) in [5.41, 5.74) is 0.826. The summed E-state index contributed by atoms with van der Waals surface area (Å²) < 4.78 is 1.59. The molecule has 0 amide bonds. The zero-order valence-corrected chi connectivity index (χ0v) is 10.2. The number of hydrogen-bond donors (Lipinski definition) is 1. The van der Waals surface area contributed by atoms with Crippen LogP contribution in [0.1, 0.15) is 16.9 Å². The Kier molecular flexibility index (Phi) is 3.32. The number of aromatic nitrogens is 2. The van der Waals surface area contributed by atoms with E-state index < -0.39 is 5.97 Å². The van der Waals surface area contributed by atoms with Gasteiger partial charge in [-0.1, -0.05) is 12.1 Å². The number of imidazole rings is 1. The van der Waals surface area contributed by atoms with Crippen molar-refractivity contribution >= 4 is 17.4 Å². The Bertz CT molecular complexity index is 589. The number of carboxylic acid groups (broad SMARTS) is 1. The molecule has 5 heteroatoms. The molecule has 0 aliphatic rings. The minimum Gasteiger partial charge on any atom is -0.476 e. The third-order valence-corrected chi connectivity index (χ3v) is 2.74. The molecule has 2 heterocycles. The number of carbonyl (C=O) groups is 1. The molecule has 0 aliphatic carbocycles. The lowest BCUT2D eigenvalue weighted by molar-refractivity contribution is 0.0690. The molecule has 0 aromatic carbocycles. The van der Waals surface area contributed by atoms with Crippen LogP contribution in [0.4, 0.5) is 5.82 Å². The van der Waals surface area contributed by atoms with E-state index in [2.05, 4.69) is 11.6 Å². The van der Waals surface area contributed by atoms with E-state index >= 15 is 0 Å². The molecule has 0 unspecified atom stereocenters. The zero-order chi connectivity index (χ0) is 13.1. The van der Waals surface area contributed by atoms with Gasteiger partial charge in [-0.25, -0.2) is 9.78 Å². The maximum absolute atomic E-state index is 11.4. The number of rotatable bonds is 5. The Labute approximate surface area is 105 Å². The van der Waals surface area contributed by atoms with Crippen LogP contribution in [0.3, 0.4) is 0 Å². The lowest BCUT2D eigenvalue weighted by Crippen LogP contribution is -2.21. The second-order valence-electron chi connectivity index (χ2n) is 4.02. The molecule has 18 heavy (non-hydrogen) atoms. The molecule has 2 rings (SSSR count). The highest BCUT2D eigenvalue weighted by atomic mass is 16.4. The summed E-state index contributed by atoms with van der Waals surface area (Å²) in [7, 11) is 1.83. The fourth-order valence-corrected chi connectivity index (χ4v) is 1.84. The molecule has 94 valence electrons. The van der Waals surface area contributed by atoms with Gasteiger partial charge >= 0.3 is 5.97 Å². The van der Waals surface area contributed by atoms with Crippen LogP contribution < -0.4 is 4.90 Å². The van der Waals surface area contributed by atoms with Crippen molar-refractivity contribution < 1.29 is 9.90 Å². The van der Waals surface area contributed by atoms with Crippen molar-refractivity contribution in [1.82, 2.24) is 9.38 Å². The second-order valence-corrected chi connectivity index (χ2v) is 4.02. The third kappa shape index (κ3) is 2.07. The van der Waals surface area contributed by atoms with Crippen molar-refractivity contribution in [3.05, 3.63) is 42.7 Å². The molecule has 0 spiro atoms. The van der Waals surface area contributed by atoms with Crippen molar-refractivity contribution in [1.29, 1.82) is 0 Å². The molecule has 0 atom stereocenters. The molecule has 2 aromatic rings. The molecular formula is C13H15N3O2. The number of carboxylic acids is 1. The Balaban J connectivity index is 2.52. The third-order valence-electron chi connectivity index (χ3n) is 2.74. The van der Waals surface area contributed by atoms with Crippen LogP contribution in [-0.2, 0) is 0 Å². The monoisotopic (exact) mass is 245 g/mol. The molecule has 0 saturated heterocycles. The van der Waals surface area contributed by atoms with Crippen LogP contribution >= 0.6 is 0 Å². The van der Waals surface area contributed by atoms with Gasteiger partial charge in [0, 0.05) is 19.8 Å². The SMILES string of the molecule is C=CCCN(C)c1nc2ccccn2c1C(=O)O. The molecule has 0 fully saturated rings. The molecule has 0 aliphatic heterocycles. The van der Waals surface area contributed by atoms with E-state index in [-0.39, 0.29) is 5.69 Å². The van der Waals surface area contributed by atoms with Gasteiger partial charge in [0.15, 0.2) is 11.5 Å². The Morgan fingerprint density at radius 1 is 1.61 bits per heavy atom. The Morgan fingerprint density at radius 3 is 3.06 bits per heavy atom. The van der Waals surface area contributed by atoms with Gasteiger partial charge in [-0.3, -0.25) is 4.40 Å². The average molecular weight is 245 g/mol. The van der Waals surface area contributed by atoms with E-state index in [1.165, 1.54) is 0 Å². The van der Waals surface area contributed by atoms with Crippen LogP contribution in [0.2, 0.25) is 0 Å². The first-order valence-corrected chi connectivity index (χ1v) is 5.67. The molecule has 2 aromatic heterocycles. The Hall–Kier alpha value is -2.30. The predicted molar refractivity (Wildman–Crippen MR) is 70.2 cm³/mol. The normalized spacial score (nSPS) is 10.5. The van der Waals surface area contributed by atoms with E-state index in [0.717, 1.165) is 6.42 Å². The first kappa shape index (κ1) is 12.2. The van der Waals surface area contributed by atoms with Crippen LogP contribution in [0.15, 0.2) is 37.1 Å². The molecule has 0 bridgehead atoms. The van der Waals surface area contributed by atoms with Crippen molar-refractivity contribution in [2.45, 2.75) is 6.42 Å². The smallest absolute Gasteiger partial charge is 0.356 e. The summed E-state index contributed by atoms with van der Waals surface area (Å²) in [4.78, 5) is 17.6. The number of anilines is 1. The van der Waals surface area contributed by atoms with Crippen molar-refractivity contribution in [3.8, 4) is 0 Å². The van der Waals surface area contributed by atoms with Crippen LogP contribution in [0.5, 0.6) is 0 Å². The minimum atomic E-state index is -0.978. The topological polar surface area (TPSA) is 57.8 Å². The van der Waals surface area contributed by atoms with E-state index in [4.69, 9.17) is 0 Å². The number of fused-ring (bicyclic) bond motifs is 1. The van der Waals surface area contributed by atoms with Crippen LogP contribution in [-0.4, -0.2) is 34.1 Å². The fraction of sp³-hybridized carbons (Fsp3) is 0.231. The van der Waals surface area contributed by atoms with Crippen molar-refractivity contribution in [3.63, 3.8) is 0 Å². The number of nitrogens with zero attached hydrogens (tertiary/aromatic N) is 3. The van der Waals surface area contributed by atoms with Gasteiger partial charge in [-0.15, -0.1) is 6.58 Å². The van der Waals surface area contributed by atoms with E-state index in [1.54, 1.807) is 28.8 Å². The predicted octanol–water partition coefficient (Wildman–Crippen LogP) is 2.04. The molecular weight excluding hydrogens is 230 g/mol.